The molecule has 1 aliphatic rings. The van der Waals surface area contributed by atoms with Gasteiger partial charge in [-0.25, -0.2) is 4.98 Å². The van der Waals surface area contributed by atoms with Gasteiger partial charge in [-0.3, -0.25) is 24.5 Å². The highest BCUT2D eigenvalue weighted by Crippen LogP contribution is 2.44. The molecule has 33 heavy (non-hydrogen) atoms. The molecule has 184 valence electrons. The lowest BCUT2D eigenvalue weighted by Crippen LogP contribution is -2.54. The van der Waals surface area contributed by atoms with E-state index in [1.54, 1.807) is 18.4 Å². The number of fused-ring (bicyclic) bond motifs is 1. The number of nitrogens with one attached hydrogen (secondary N) is 2. The maximum absolute atomic E-state index is 12.5. The Kier molecular flexibility index (Phi) is 6.89. The minimum atomic E-state index is -2.25. The Bertz CT molecular complexity index is 1070. The monoisotopic (exact) mass is 481 g/mol. The van der Waals surface area contributed by atoms with Crippen LogP contribution >= 0.6 is 0 Å². The molecule has 0 radical (unpaired) electrons. The Morgan fingerprint density at radius 3 is 2.58 bits per heavy atom. The fraction of sp³-hybridized carbons (Fsp3) is 0.714. The summed E-state index contributed by atoms with van der Waals surface area (Å²) < 4.78 is 14.3. The molecule has 1 saturated heterocycles. The number of anilines is 1. The second-order valence-electron chi connectivity index (χ2n) is 10.4. The van der Waals surface area contributed by atoms with E-state index in [4.69, 9.17) is 9.16 Å². The summed E-state index contributed by atoms with van der Waals surface area (Å²) >= 11 is 0. The van der Waals surface area contributed by atoms with E-state index in [1.807, 2.05) is 0 Å². The molecule has 11 nitrogen and oxygen atoms in total. The van der Waals surface area contributed by atoms with Gasteiger partial charge in [0.05, 0.1) is 25.6 Å². The number of hydrogen-bond donors (Lipinski definition) is 4. The Balaban J connectivity index is 1.99. The predicted molar refractivity (Wildman–Crippen MR) is 125 cm³/mol. The third kappa shape index (κ3) is 4.76. The predicted octanol–water partition coefficient (Wildman–Crippen LogP) is 1.75. The van der Waals surface area contributed by atoms with E-state index in [0.717, 1.165) is 0 Å². The van der Waals surface area contributed by atoms with Crippen LogP contribution in [0.1, 0.15) is 47.3 Å². The normalized spacial score (nSPS) is 21.2. The number of aromatic amines is 1. The SMILES string of the molecule is CC(C)C(=O)Nc1nc2c(ncn2[C@H]2C[C@H](O[Si](C)(C)C(C)(C)C)C(CO)(CO)O2)c(=O)[nH]1. The van der Waals surface area contributed by atoms with E-state index in [0.29, 0.717) is 6.42 Å². The van der Waals surface area contributed by atoms with Gasteiger partial charge in [0.2, 0.25) is 11.9 Å². The van der Waals surface area contributed by atoms with E-state index in [2.05, 4.69) is 54.1 Å². The first kappa shape index (κ1) is 25.5. The lowest BCUT2D eigenvalue weighted by Gasteiger charge is -2.42. The number of aliphatic hydroxyl groups excluding tert-OH is 2. The zero-order valence-corrected chi connectivity index (χ0v) is 21.3. The molecule has 4 N–H and O–H groups in total. The largest absolute Gasteiger partial charge is 0.411 e. The summed E-state index contributed by atoms with van der Waals surface area (Å²) in [6, 6.07) is 0. The maximum atomic E-state index is 12.5. The molecule has 2 atom stereocenters. The zero-order valence-electron chi connectivity index (χ0n) is 20.3. The molecule has 1 fully saturated rings. The summed E-state index contributed by atoms with van der Waals surface area (Å²) in [5.74, 6) is -0.573. The first-order chi connectivity index (χ1) is 15.2. The van der Waals surface area contributed by atoms with Crippen LogP contribution < -0.4 is 10.9 Å². The molecule has 0 unspecified atom stereocenters. The van der Waals surface area contributed by atoms with Crippen molar-refractivity contribution < 1.29 is 24.2 Å². The topological polar surface area (TPSA) is 152 Å². The van der Waals surface area contributed by atoms with Crippen molar-refractivity contribution in [2.45, 2.75) is 77.1 Å². The molecule has 3 heterocycles. The van der Waals surface area contributed by atoms with Gasteiger partial charge in [0.25, 0.3) is 5.56 Å². The molecule has 1 aliphatic heterocycles. The molecule has 2 aromatic rings. The first-order valence-corrected chi connectivity index (χ1v) is 14.0. The molecule has 3 rings (SSSR count). The number of hydrogen-bond acceptors (Lipinski definition) is 8. The number of carbonyl (C=O) groups is 1. The number of rotatable bonds is 7. The van der Waals surface area contributed by atoms with E-state index in [9.17, 15) is 19.8 Å². The number of amides is 1. The lowest BCUT2D eigenvalue weighted by atomic mass is 9.99. The van der Waals surface area contributed by atoms with Crippen molar-refractivity contribution in [2.24, 2.45) is 5.92 Å². The van der Waals surface area contributed by atoms with Crippen molar-refractivity contribution in [3.8, 4) is 0 Å². The van der Waals surface area contributed by atoms with Crippen LogP contribution in [-0.2, 0) is 14.0 Å². The summed E-state index contributed by atoms with van der Waals surface area (Å²) in [5.41, 5.74) is -1.50. The van der Waals surface area contributed by atoms with Gasteiger partial charge >= 0.3 is 0 Å². The standard InChI is InChI=1S/C21H35N5O6Si/c1-12(2)17(29)24-19-23-16-15(18(30)25-19)22-11-26(16)14-8-13(21(9-27,10-28)31-14)32-33(6,7)20(3,4)5/h11-14,27-28H,8-10H2,1-7H3,(H2,23,24,25,29,30)/t13-,14+/m0/s1. The number of H-pyrrole nitrogens is 1. The van der Waals surface area contributed by atoms with Gasteiger partial charge in [-0.2, -0.15) is 4.98 Å². The third-order valence-electron chi connectivity index (χ3n) is 6.66. The Morgan fingerprint density at radius 1 is 1.39 bits per heavy atom. The van der Waals surface area contributed by atoms with Gasteiger partial charge in [-0.05, 0) is 18.1 Å². The van der Waals surface area contributed by atoms with Gasteiger partial charge in [0.1, 0.15) is 11.8 Å². The Labute approximate surface area is 193 Å². The highest BCUT2D eigenvalue weighted by Gasteiger charge is 2.53. The number of aromatic nitrogens is 4. The van der Waals surface area contributed by atoms with Crippen LogP contribution in [0.3, 0.4) is 0 Å². The van der Waals surface area contributed by atoms with Crippen LogP contribution in [0.15, 0.2) is 11.1 Å². The van der Waals surface area contributed by atoms with Gasteiger partial charge < -0.3 is 19.4 Å². The van der Waals surface area contributed by atoms with Crippen LogP contribution in [0.5, 0.6) is 0 Å². The molecule has 0 bridgehead atoms. The zero-order chi connectivity index (χ0) is 24.8. The second kappa shape index (κ2) is 8.91. The Morgan fingerprint density at radius 2 is 2.03 bits per heavy atom. The average molecular weight is 482 g/mol. The van der Waals surface area contributed by atoms with E-state index >= 15 is 0 Å². The number of carbonyl (C=O) groups excluding carboxylic acids is 1. The van der Waals surface area contributed by atoms with E-state index < -0.39 is 45.0 Å². The molecule has 0 saturated carbocycles. The van der Waals surface area contributed by atoms with Crippen LogP contribution in [0.4, 0.5) is 5.95 Å². The number of nitrogens with zero attached hydrogens (tertiary/aromatic N) is 3. The van der Waals surface area contributed by atoms with Gasteiger partial charge in [0.15, 0.2) is 19.5 Å². The van der Waals surface area contributed by atoms with E-state index in [-0.39, 0.29) is 34.0 Å². The molecular weight excluding hydrogens is 446 g/mol. The second-order valence-corrected chi connectivity index (χ2v) is 15.2. The molecule has 0 aromatic carbocycles. The molecule has 0 spiro atoms. The number of aliphatic hydroxyl groups is 2. The smallest absolute Gasteiger partial charge is 0.280 e. The third-order valence-corrected chi connectivity index (χ3v) is 11.1. The van der Waals surface area contributed by atoms with Crippen molar-refractivity contribution in [2.75, 3.05) is 18.5 Å². The highest BCUT2D eigenvalue weighted by molar-refractivity contribution is 6.74. The summed E-state index contributed by atoms with van der Waals surface area (Å²) in [7, 11) is -2.25. The minimum Gasteiger partial charge on any atom is -0.411 e. The fourth-order valence-corrected chi connectivity index (χ4v) is 4.81. The molecule has 1 amide bonds. The van der Waals surface area contributed by atoms with Crippen molar-refractivity contribution in [1.82, 2.24) is 19.5 Å². The summed E-state index contributed by atoms with van der Waals surface area (Å²) in [6.45, 7) is 13.1. The van der Waals surface area contributed by atoms with Crippen LogP contribution in [0.25, 0.3) is 11.2 Å². The highest BCUT2D eigenvalue weighted by atomic mass is 28.4. The molecular formula is C21H35N5O6Si. The number of imidazole rings is 1. The quantitative estimate of drug-likeness (QED) is 0.437. The molecule has 12 heteroatoms. The lowest BCUT2D eigenvalue weighted by molar-refractivity contribution is -0.146. The van der Waals surface area contributed by atoms with E-state index in [1.165, 1.54) is 6.33 Å². The van der Waals surface area contributed by atoms with Crippen LogP contribution in [-0.4, -0.2) is 68.9 Å². The molecule has 2 aromatic heterocycles. The van der Waals surface area contributed by atoms with Gasteiger partial charge in [-0.15, -0.1) is 0 Å². The van der Waals surface area contributed by atoms with Crippen molar-refractivity contribution in [1.29, 1.82) is 0 Å². The molecule has 0 aliphatic carbocycles. The van der Waals surface area contributed by atoms with Crippen LogP contribution in [0.2, 0.25) is 18.1 Å². The first-order valence-electron chi connectivity index (χ1n) is 11.1. The Hall–Kier alpha value is -2.12. The summed E-state index contributed by atoms with van der Waals surface area (Å²) in [4.78, 5) is 35.6. The van der Waals surface area contributed by atoms with Crippen molar-refractivity contribution >= 4 is 31.3 Å². The fourth-order valence-electron chi connectivity index (χ4n) is 3.44. The summed E-state index contributed by atoms with van der Waals surface area (Å²) in [6.07, 6.45) is 0.492. The minimum absolute atomic E-state index is 0.00981. The van der Waals surface area contributed by atoms with Gasteiger partial charge in [0, 0.05) is 12.3 Å². The maximum Gasteiger partial charge on any atom is 0.280 e. The van der Waals surface area contributed by atoms with Crippen molar-refractivity contribution in [3.05, 3.63) is 16.7 Å². The van der Waals surface area contributed by atoms with Gasteiger partial charge in [-0.1, -0.05) is 34.6 Å². The van der Waals surface area contributed by atoms with Crippen LogP contribution in [0, 0.1) is 5.92 Å². The number of ether oxygens (including phenoxy) is 1. The average Bonchev–Trinajstić information content (AvgIpc) is 3.28. The van der Waals surface area contributed by atoms with Crippen molar-refractivity contribution in [3.63, 3.8) is 0 Å². The summed E-state index contributed by atoms with van der Waals surface area (Å²) in [5, 5.41) is 22.8.